The van der Waals surface area contributed by atoms with Crippen molar-refractivity contribution in [2.24, 2.45) is 5.92 Å². The Morgan fingerprint density at radius 3 is 2.50 bits per heavy atom. The SMILES string of the molecule is CCCCCCC(C)COC(=O)CC. The summed E-state index contributed by atoms with van der Waals surface area (Å²) in [6.45, 7) is 6.79. The van der Waals surface area contributed by atoms with Crippen LogP contribution in [0.3, 0.4) is 0 Å². The first-order valence-corrected chi connectivity index (χ1v) is 5.86. The molecule has 0 heterocycles. The van der Waals surface area contributed by atoms with Crippen molar-refractivity contribution in [2.45, 2.75) is 59.3 Å². The Morgan fingerprint density at radius 2 is 1.93 bits per heavy atom. The van der Waals surface area contributed by atoms with Gasteiger partial charge in [0.2, 0.25) is 0 Å². The molecule has 0 aromatic rings. The number of hydrogen-bond acceptors (Lipinski definition) is 2. The van der Waals surface area contributed by atoms with Gasteiger partial charge in [-0.15, -0.1) is 0 Å². The van der Waals surface area contributed by atoms with Gasteiger partial charge in [0, 0.05) is 6.42 Å². The fraction of sp³-hybridized carbons (Fsp3) is 0.917. The molecule has 0 aliphatic carbocycles. The second-order valence-corrected chi connectivity index (χ2v) is 3.99. The molecule has 0 rings (SSSR count). The van der Waals surface area contributed by atoms with Gasteiger partial charge in [0.05, 0.1) is 6.61 Å². The van der Waals surface area contributed by atoms with E-state index >= 15 is 0 Å². The molecule has 0 aliphatic rings. The molecule has 0 saturated carbocycles. The van der Waals surface area contributed by atoms with Gasteiger partial charge in [-0.2, -0.15) is 0 Å². The van der Waals surface area contributed by atoms with E-state index in [4.69, 9.17) is 4.74 Å². The van der Waals surface area contributed by atoms with Gasteiger partial charge >= 0.3 is 5.97 Å². The highest BCUT2D eigenvalue weighted by molar-refractivity contribution is 5.68. The van der Waals surface area contributed by atoms with E-state index in [0.29, 0.717) is 18.9 Å². The van der Waals surface area contributed by atoms with Crippen molar-refractivity contribution in [1.82, 2.24) is 0 Å². The van der Waals surface area contributed by atoms with Crippen LogP contribution < -0.4 is 0 Å². The van der Waals surface area contributed by atoms with Crippen molar-refractivity contribution >= 4 is 5.97 Å². The molecule has 1 atom stereocenters. The van der Waals surface area contributed by atoms with Gasteiger partial charge in [-0.3, -0.25) is 4.79 Å². The van der Waals surface area contributed by atoms with Crippen LogP contribution >= 0.6 is 0 Å². The van der Waals surface area contributed by atoms with E-state index in [-0.39, 0.29) is 5.97 Å². The highest BCUT2D eigenvalue weighted by Crippen LogP contribution is 2.10. The lowest BCUT2D eigenvalue weighted by atomic mass is 10.0. The normalized spacial score (nSPS) is 12.5. The first-order chi connectivity index (χ1) is 6.70. The van der Waals surface area contributed by atoms with Crippen molar-refractivity contribution in [3.63, 3.8) is 0 Å². The molecule has 2 heteroatoms. The van der Waals surface area contributed by atoms with Crippen molar-refractivity contribution in [2.75, 3.05) is 6.61 Å². The summed E-state index contributed by atoms with van der Waals surface area (Å²) in [7, 11) is 0. The Bertz CT molecular complexity index is 143. The van der Waals surface area contributed by atoms with E-state index in [1.807, 2.05) is 6.92 Å². The number of carbonyl (C=O) groups is 1. The zero-order valence-corrected chi connectivity index (χ0v) is 9.84. The Hall–Kier alpha value is -0.530. The molecule has 0 amide bonds. The maximum atomic E-state index is 10.9. The molecule has 14 heavy (non-hydrogen) atoms. The average Bonchev–Trinajstić information content (AvgIpc) is 2.21. The standard InChI is InChI=1S/C12H24O2/c1-4-6-7-8-9-11(3)10-14-12(13)5-2/h11H,4-10H2,1-3H3. The van der Waals surface area contributed by atoms with Crippen molar-refractivity contribution in [1.29, 1.82) is 0 Å². The predicted molar refractivity (Wildman–Crippen MR) is 59.2 cm³/mol. The van der Waals surface area contributed by atoms with E-state index < -0.39 is 0 Å². The maximum absolute atomic E-state index is 10.9. The van der Waals surface area contributed by atoms with E-state index in [1.165, 1.54) is 32.1 Å². The summed E-state index contributed by atoms with van der Waals surface area (Å²) in [6.07, 6.45) is 6.83. The summed E-state index contributed by atoms with van der Waals surface area (Å²) >= 11 is 0. The van der Waals surface area contributed by atoms with Crippen LogP contribution in [0, 0.1) is 5.92 Å². The van der Waals surface area contributed by atoms with Crippen LogP contribution in [0.15, 0.2) is 0 Å². The smallest absolute Gasteiger partial charge is 0.305 e. The van der Waals surface area contributed by atoms with Crippen LogP contribution in [0.1, 0.15) is 59.3 Å². The molecule has 2 nitrogen and oxygen atoms in total. The van der Waals surface area contributed by atoms with Gasteiger partial charge in [-0.05, 0) is 12.3 Å². The predicted octanol–water partition coefficient (Wildman–Crippen LogP) is 3.55. The molecule has 0 fully saturated rings. The molecule has 0 bridgehead atoms. The molecule has 0 saturated heterocycles. The fourth-order valence-corrected chi connectivity index (χ4v) is 1.34. The monoisotopic (exact) mass is 200 g/mol. The third-order valence-corrected chi connectivity index (χ3v) is 2.37. The molecule has 0 radical (unpaired) electrons. The fourth-order valence-electron chi connectivity index (χ4n) is 1.34. The van der Waals surface area contributed by atoms with Crippen LogP contribution in [0.25, 0.3) is 0 Å². The lowest BCUT2D eigenvalue weighted by Crippen LogP contribution is -2.10. The molecule has 0 aromatic carbocycles. The van der Waals surface area contributed by atoms with Crippen LogP contribution in [0.2, 0.25) is 0 Å². The quantitative estimate of drug-likeness (QED) is 0.442. The Morgan fingerprint density at radius 1 is 1.21 bits per heavy atom. The summed E-state index contributed by atoms with van der Waals surface area (Å²) < 4.78 is 5.07. The zero-order valence-electron chi connectivity index (χ0n) is 9.84. The number of hydrogen-bond donors (Lipinski definition) is 0. The number of rotatable bonds is 8. The summed E-state index contributed by atoms with van der Waals surface area (Å²) in [5.41, 5.74) is 0. The largest absolute Gasteiger partial charge is 0.465 e. The molecule has 0 spiro atoms. The molecule has 0 aliphatic heterocycles. The number of esters is 1. The highest BCUT2D eigenvalue weighted by Gasteiger charge is 2.05. The third kappa shape index (κ3) is 8.09. The van der Waals surface area contributed by atoms with Crippen LogP contribution in [-0.2, 0) is 9.53 Å². The van der Waals surface area contributed by atoms with Gasteiger partial charge in [0.1, 0.15) is 0 Å². The summed E-state index contributed by atoms with van der Waals surface area (Å²) in [5.74, 6) is 0.438. The van der Waals surface area contributed by atoms with E-state index in [9.17, 15) is 4.79 Å². The Labute approximate surface area is 88.0 Å². The van der Waals surface area contributed by atoms with E-state index in [0.717, 1.165) is 0 Å². The first kappa shape index (κ1) is 13.5. The van der Waals surface area contributed by atoms with E-state index in [2.05, 4.69) is 13.8 Å². The third-order valence-electron chi connectivity index (χ3n) is 2.37. The lowest BCUT2D eigenvalue weighted by Gasteiger charge is -2.11. The molecular formula is C12H24O2. The molecule has 0 aromatic heterocycles. The summed E-state index contributed by atoms with van der Waals surface area (Å²) in [4.78, 5) is 10.9. The van der Waals surface area contributed by atoms with Crippen molar-refractivity contribution in [3.8, 4) is 0 Å². The van der Waals surface area contributed by atoms with Crippen molar-refractivity contribution < 1.29 is 9.53 Å². The molecule has 84 valence electrons. The second kappa shape index (κ2) is 9.04. The number of ether oxygens (including phenoxy) is 1. The Kier molecular flexibility index (Phi) is 8.70. The van der Waals surface area contributed by atoms with Gasteiger partial charge in [0.15, 0.2) is 0 Å². The number of carbonyl (C=O) groups excluding carboxylic acids is 1. The minimum atomic E-state index is -0.0783. The zero-order chi connectivity index (χ0) is 10.8. The minimum Gasteiger partial charge on any atom is -0.465 e. The summed E-state index contributed by atoms with van der Waals surface area (Å²) in [6, 6.07) is 0. The second-order valence-electron chi connectivity index (χ2n) is 3.99. The van der Waals surface area contributed by atoms with Crippen LogP contribution in [-0.4, -0.2) is 12.6 Å². The van der Waals surface area contributed by atoms with Gasteiger partial charge in [-0.1, -0.05) is 46.5 Å². The van der Waals surface area contributed by atoms with Gasteiger partial charge in [0.25, 0.3) is 0 Å². The van der Waals surface area contributed by atoms with Crippen LogP contribution in [0.5, 0.6) is 0 Å². The minimum absolute atomic E-state index is 0.0783. The first-order valence-electron chi connectivity index (χ1n) is 5.86. The molecule has 0 N–H and O–H groups in total. The summed E-state index contributed by atoms with van der Waals surface area (Å²) in [5, 5.41) is 0. The maximum Gasteiger partial charge on any atom is 0.305 e. The number of unbranched alkanes of at least 4 members (excludes halogenated alkanes) is 3. The van der Waals surface area contributed by atoms with Crippen LogP contribution in [0.4, 0.5) is 0 Å². The van der Waals surface area contributed by atoms with E-state index in [1.54, 1.807) is 0 Å². The topological polar surface area (TPSA) is 26.3 Å². The highest BCUT2D eigenvalue weighted by atomic mass is 16.5. The van der Waals surface area contributed by atoms with Gasteiger partial charge < -0.3 is 4.74 Å². The Balaban J connectivity index is 3.27. The molecular weight excluding hydrogens is 176 g/mol. The molecule has 1 unspecified atom stereocenters. The average molecular weight is 200 g/mol. The lowest BCUT2D eigenvalue weighted by molar-refractivity contribution is -0.144. The van der Waals surface area contributed by atoms with Gasteiger partial charge in [-0.25, -0.2) is 0 Å². The van der Waals surface area contributed by atoms with Crippen molar-refractivity contribution in [3.05, 3.63) is 0 Å².